The first-order valence-corrected chi connectivity index (χ1v) is 12.4. The normalized spacial score (nSPS) is 24.4. The molecule has 2 atom stereocenters. The Bertz CT molecular complexity index is 1370. The van der Waals surface area contributed by atoms with Crippen LogP contribution in [-0.2, 0) is 20.0 Å². The maximum atomic E-state index is 13.2. The Morgan fingerprint density at radius 3 is 2.54 bits per heavy atom. The van der Waals surface area contributed by atoms with Gasteiger partial charge in [-0.15, -0.1) is 0 Å². The number of ether oxygens (including phenoxy) is 2. The number of fused-ring (bicyclic) bond motifs is 1. The number of hydrogen-bond acceptors (Lipinski definition) is 7. The molecular weight excluding hydrogens is 468 g/mol. The van der Waals surface area contributed by atoms with E-state index in [1.807, 2.05) is 79.7 Å². The van der Waals surface area contributed by atoms with E-state index in [-0.39, 0.29) is 11.9 Å². The fraction of sp³-hybridized carbons (Fsp3) is 0.250. The van der Waals surface area contributed by atoms with Crippen LogP contribution in [0, 0.1) is 0 Å². The van der Waals surface area contributed by atoms with Gasteiger partial charge in [0.2, 0.25) is 11.9 Å². The smallest absolute Gasteiger partial charge is 0.304 e. The minimum absolute atomic E-state index is 0.196. The first kappa shape index (κ1) is 23.2. The van der Waals surface area contributed by atoms with Crippen molar-refractivity contribution in [2.24, 2.45) is 9.98 Å². The molecule has 0 bridgehead atoms. The van der Waals surface area contributed by atoms with Crippen LogP contribution in [0.1, 0.15) is 23.6 Å². The molecule has 1 unspecified atom stereocenters. The van der Waals surface area contributed by atoms with Crippen LogP contribution in [-0.4, -0.2) is 50.1 Å². The molecule has 3 heterocycles. The third-order valence-electron chi connectivity index (χ3n) is 6.69. The largest absolute Gasteiger partial charge is 0.437 e. The van der Waals surface area contributed by atoms with Crippen LogP contribution in [0.25, 0.3) is 0 Å². The van der Waals surface area contributed by atoms with Crippen LogP contribution in [0.2, 0.25) is 0 Å². The Labute approximate surface area is 215 Å². The molecule has 1 amide bonds. The van der Waals surface area contributed by atoms with Gasteiger partial charge in [0.05, 0.1) is 24.6 Å². The van der Waals surface area contributed by atoms with Gasteiger partial charge >= 0.3 is 6.02 Å². The van der Waals surface area contributed by atoms with Crippen molar-refractivity contribution in [3.05, 3.63) is 95.6 Å². The molecule has 0 spiro atoms. The van der Waals surface area contributed by atoms with E-state index < -0.39 is 11.9 Å². The summed E-state index contributed by atoms with van der Waals surface area (Å²) in [7, 11) is 0. The number of para-hydroxylation sites is 2. The first-order valence-electron chi connectivity index (χ1n) is 12.4. The number of amides is 1. The summed E-state index contributed by atoms with van der Waals surface area (Å²) in [6.07, 6.45) is -1.04. The summed E-state index contributed by atoms with van der Waals surface area (Å²) < 4.78 is 11.8. The second kappa shape index (κ2) is 9.68. The second-order valence-corrected chi connectivity index (χ2v) is 9.19. The van der Waals surface area contributed by atoms with Gasteiger partial charge in [0.25, 0.3) is 5.91 Å². The quantitative estimate of drug-likeness (QED) is 0.514. The highest BCUT2D eigenvalue weighted by Gasteiger charge is 2.40. The van der Waals surface area contributed by atoms with E-state index in [0.29, 0.717) is 24.6 Å². The highest BCUT2D eigenvalue weighted by Crippen LogP contribution is 2.34. The molecule has 37 heavy (non-hydrogen) atoms. The number of aliphatic imine (C=N–C) groups is 2. The number of carbonyl (C=O) groups excluding carboxylic acids is 1. The number of amidine groups is 1. The van der Waals surface area contributed by atoms with Gasteiger partial charge in [-0.2, -0.15) is 10.4 Å². The zero-order chi connectivity index (χ0) is 25.2. The van der Waals surface area contributed by atoms with Crippen molar-refractivity contribution in [2.45, 2.75) is 18.8 Å². The van der Waals surface area contributed by atoms with E-state index in [0.717, 1.165) is 35.5 Å². The molecule has 3 aliphatic rings. The molecule has 0 aromatic heterocycles. The molecule has 3 aromatic rings. The van der Waals surface area contributed by atoms with Gasteiger partial charge in [-0.1, -0.05) is 66.7 Å². The number of carbonyl (C=O) groups is 1. The minimum atomic E-state index is -1.04. The first-order chi connectivity index (χ1) is 18.1. The SMILES string of the molecule is CC1(c2ccccc2N2CCOCC2)NN/C(=N\[C@H]2N=C(c3ccccc3)c3ccccc3NC2=O)O1. The van der Waals surface area contributed by atoms with E-state index >= 15 is 0 Å². The van der Waals surface area contributed by atoms with Gasteiger partial charge in [0.1, 0.15) is 0 Å². The maximum absolute atomic E-state index is 13.2. The lowest BCUT2D eigenvalue weighted by atomic mass is 10.0. The van der Waals surface area contributed by atoms with Crippen molar-refractivity contribution in [2.75, 3.05) is 36.5 Å². The summed E-state index contributed by atoms with van der Waals surface area (Å²) >= 11 is 0. The topological polar surface area (TPSA) is 99.6 Å². The van der Waals surface area contributed by atoms with Crippen molar-refractivity contribution in [1.82, 2.24) is 10.9 Å². The summed E-state index contributed by atoms with van der Waals surface area (Å²) in [6, 6.07) is 25.7. The number of hydrazine groups is 1. The highest BCUT2D eigenvalue weighted by molar-refractivity contribution is 6.19. The second-order valence-electron chi connectivity index (χ2n) is 9.19. The molecule has 9 heteroatoms. The molecule has 3 N–H and O–H groups in total. The molecule has 3 aliphatic heterocycles. The van der Waals surface area contributed by atoms with Crippen LogP contribution in [0.4, 0.5) is 11.4 Å². The number of benzodiazepines with no additional fused rings is 1. The molecule has 0 radical (unpaired) electrons. The van der Waals surface area contributed by atoms with E-state index in [2.05, 4.69) is 32.1 Å². The third kappa shape index (κ3) is 4.54. The number of hydrogen-bond donors (Lipinski definition) is 3. The van der Waals surface area contributed by atoms with Crippen LogP contribution < -0.4 is 21.1 Å². The van der Waals surface area contributed by atoms with E-state index in [4.69, 9.17) is 14.5 Å². The number of nitrogens with one attached hydrogen (secondary N) is 3. The van der Waals surface area contributed by atoms with Crippen LogP contribution in [0.5, 0.6) is 0 Å². The molecule has 0 aliphatic carbocycles. The standard InChI is InChI=1S/C28H28N6O3/c1-28(21-12-6-8-14-23(21)34-15-17-36-18-16-34)33-32-27(37-28)31-25-26(35)29-22-13-7-5-11-20(22)24(30-25)19-9-3-2-4-10-19/h2-14,25,33H,15-18H2,1H3,(H,29,35)(H,31,32)/t25-,28?/m1/s1. The Morgan fingerprint density at radius 2 is 1.70 bits per heavy atom. The third-order valence-corrected chi connectivity index (χ3v) is 6.69. The zero-order valence-electron chi connectivity index (χ0n) is 20.5. The van der Waals surface area contributed by atoms with Crippen molar-refractivity contribution >= 4 is 29.0 Å². The van der Waals surface area contributed by atoms with Crippen molar-refractivity contribution in [1.29, 1.82) is 0 Å². The molecular formula is C28H28N6O3. The van der Waals surface area contributed by atoms with Gasteiger partial charge in [-0.25, -0.2) is 4.99 Å². The van der Waals surface area contributed by atoms with Gasteiger partial charge in [-0.3, -0.25) is 10.2 Å². The Hall–Kier alpha value is -4.21. The summed E-state index contributed by atoms with van der Waals surface area (Å²) in [5, 5.41) is 2.97. The van der Waals surface area contributed by atoms with Gasteiger partial charge in [0, 0.05) is 35.5 Å². The van der Waals surface area contributed by atoms with Crippen molar-refractivity contribution in [3.63, 3.8) is 0 Å². The zero-order valence-corrected chi connectivity index (χ0v) is 20.5. The Balaban J connectivity index is 1.32. The Morgan fingerprint density at radius 1 is 0.973 bits per heavy atom. The van der Waals surface area contributed by atoms with Gasteiger partial charge in [-0.05, 0) is 19.1 Å². The molecule has 2 fully saturated rings. The number of anilines is 2. The summed E-state index contributed by atoms with van der Waals surface area (Å²) in [5.41, 5.74) is 10.5. The lowest BCUT2D eigenvalue weighted by Crippen LogP contribution is -2.43. The predicted molar refractivity (Wildman–Crippen MR) is 143 cm³/mol. The van der Waals surface area contributed by atoms with Crippen LogP contribution in [0.15, 0.2) is 88.8 Å². The van der Waals surface area contributed by atoms with E-state index in [9.17, 15) is 4.79 Å². The number of rotatable bonds is 4. The van der Waals surface area contributed by atoms with E-state index in [1.165, 1.54) is 0 Å². The fourth-order valence-corrected chi connectivity index (χ4v) is 4.83. The Kier molecular flexibility index (Phi) is 6.07. The molecule has 188 valence electrons. The van der Waals surface area contributed by atoms with E-state index in [1.54, 1.807) is 0 Å². The fourth-order valence-electron chi connectivity index (χ4n) is 4.83. The van der Waals surface area contributed by atoms with Crippen LogP contribution in [0.3, 0.4) is 0 Å². The highest BCUT2D eigenvalue weighted by atomic mass is 16.6. The average molecular weight is 497 g/mol. The lowest BCUT2D eigenvalue weighted by Gasteiger charge is -2.34. The molecule has 2 saturated heterocycles. The van der Waals surface area contributed by atoms with Crippen molar-refractivity contribution < 1.29 is 14.3 Å². The number of nitrogens with zero attached hydrogens (tertiary/aromatic N) is 3. The van der Waals surface area contributed by atoms with Gasteiger partial charge in [0.15, 0.2) is 0 Å². The monoisotopic (exact) mass is 496 g/mol. The number of benzene rings is 3. The molecule has 6 rings (SSSR count). The van der Waals surface area contributed by atoms with Crippen molar-refractivity contribution in [3.8, 4) is 0 Å². The van der Waals surface area contributed by atoms with Crippen LogP contribution >= 0.6 is 0 Å². The lowest BCUT2D eigenvalue weighted by molar-refractivity contribution is -0.117. The molecule has 0 saturated carbocycles. The average Bonchev–Trinajstić information content (AvgIpc) is 3.27. The summed E-state index contributed by atoms with van der Waals surface area (Å²) in [6.45, 7) is 4.92. The summed E-state index contributed by atoms with van der Waals surface area (Å²) in [5.74, 6) is -0.335. The molecule has 9 nitrogen and oxygen atoms in total. The van der Waals surface area contributed by atoms with Gasteiger partial charge < -0.3 is 19.7 Å². The maximum Gasteiger partial charge on any atom is 0.304 e. The predicted octanol–water partition coefficient (Wildman–Crippen LogP) is 2.99. The molecule has 3 aromatic carbocycles. The number of morpholine rings is 1. The summed E-state index contributed by atoms with van der Waals surface area (Å²) in [4.78, 5) is 24.9. The minimum Gasteiger partial charge on any atom is -0.437 e.